The number of nitrogens with one attached hydrogen (secondary N) is 1. The zero-order valence-electron chi connectivity index (χ0n) is 15.3. The number of halogens is 1. The van der Waals surface area contributed by atoms with E-state index < -0.39 is 0 Å². The Balaban J connectivity index is 2.00. The zero-order valence-corrected chi connectivity index (χ0v) is 16.0. The van der Waals surface area contributed by atoms with Crippen molar-refractivity contribution < 1.29 is 0 Å². The van der Waals surface area contributed by atoms with Crippen LogP contribution < -0.4 is 5.32 Å². The number of fused-ring (bicyclic) bond motifs is 3. The molecule has 1 N–H and O–H groups in total. The monoisotopic (exact) mass is 374 g/mol. The summed E-state index contributed by atoms with van der Waals surface area (Å²) < 4.78 is 2.01. The van der Waals surface area contributed by atoms with Gasteiger partial charge in [0.1, 0.15) is 11.9 Å². The average molecular weight is 375 g/mol. The fourth-order valence-electron chi connectivity index (χ4n) is 3.38. The predicted octanol–water partition coefficient (Wildman–Crippen LogP) is 6.02. The standard InChI is InChI=1S/C22H19ClN4/c1-3-6-15-11-21(25-16-10-9-14(2)18(23)12-16)27-20-8-5-4-7-19(20)26-22(27)17(15)13-24/h4-5,7-12,25H,3,6H2,1-2H3. The maximum atomic E-state index is 9.77. The number of rotatable bonds is 4. The summed E-state index contributed by atoms with van der Waals surface area (Å²) >= 11 is 6.30. The number of pyridine rings is 1. The first-order valence-electron chi connectivity index (χ1n) is 8.98. The molecular weight excluding hydrogens is 356 g/mol. The normalized spacial score (nSPS) is 11.0. The molecule has 0 bridgehead atoms. The van der Waals surface area contributed by atoms with Crippen molar-refractivity contribution in [3.05, 3.63) is 70.2 Å². The van der Waals surface area contributed by atoms with Crippen molar-refractivity contribution in [3.63, 3.8) is 0 Å². The summed E-state index contributed by atoms with van der Waals surface area (Å²) in [6.45, 7) is 4.09. The quantitative estimate of drug-likeness (QED) is 0.475. The predicted molar refractivity (Wildman–Crippen MR) is 111 cm³/mol. The third-order valence-corrected chi connectivity index (χ3v) is 5.14. The van der Waals surface area contributed by atoms with Crippen LogP contribution in [0.2, 0.25) is 5.02 Å². The van der Waals surface area contributed by atoms with Crippen molar-refractivity contribution in [3.8, 4) is 6.07 Å². The number of benzene rings is 2. The Morgan fingerprint density at radius 2 is 2.00 bits per heavy atom. The topological polar surface area (TPSA) is 53.1 Å². The van der Waals surface area contributed by atoms with E-state index in [-0.39, 0.29) is 0 Å². The van der Waals surface area contributed by atoms with Crippen LogP contribution in [-0.4, -0.2) is 9.38 Å². The number of aryl methyl sites for hydroxylation is 2. The van der Waals surface area contributed by atoms with Crippen LogP contribution in [0.15, 0.2) is 48.5 Å². The first kappa shape index (κ1) is 17.4. The van der Waals surface area contributed by atoms with Gasteiger partial charge in [-0.3, -0.25) is 4.40 Å². The number of imidazole rings is 1. The van der Waals surface area contributed by atoms with E-state index >= 15 is 0 Å². The van der Waals surface area contributed by atoms with Gasteiger partial charge in [0.25, 0.3) is 0 Å². The molecular formula is C22H19ClN4. The van der Waals surface area contributed by atoms with Gasteiger partial charge in [0, 0.05) is 10.7 Å². The van der Waals surface area contributed by atoms with Gasteiger partial charge in [-0.15, -0.1) is 0 Å². The van der Waals surface area contributed by atoms with Crippen LogP contribution in [0.25, 0.3) is 16.7 Å². The van der Waals surface area contributed by atoms with Crippen molar-refractivity contribution in [1.29, 1.82) is 5.26 Å². The number of anilines is 2. The van der Waals surface area contributed by atoms with Crippen LogP contribution in [0.3, 0.4) is 0 Å². The molecule has 5 heteroatoms. The van der Waals surface area contributed by atoms with Crippen molar-refractivity contribution in [1.82, 2.24) is 9.38 Å². The summed E-state index contributed by atoms with van der Waals surface area (Å²) in [5.41, 5.74) is 6.10. The summed E-state index contributed by atoms with van der Waals surface area (Å²) in [6.07, 6.45) is 1.78. The van der Waals surface area contributed by atoms with Gasteiger partial charge in [0.2, 0.25) is 0 Å². The minimum Gasteiger partial charge on any atom is -0.341 e. The van der Waals surface area contributed by atoms with E-state index in [9.17, 15) is 5.26 Å². The molecule has 0 aliphatic heterocycles. The van der Waals surface area contributed by atoms with Crippen LogP contribution in [0.4, 0.5) is 11.5 Å². The van der Waals surface area contributed by atoms with Gasteiger partial charge >= 0.3 is 0 Å². The Hall–Kier alpha value is -3.03. The minimum atomic E-state index is 0.639. The largest absolute Gasteiger partial charge is 0.341 e. The van der Waals surface area contributed by atoms with Crippen LogP contribution >= 0.6 is 11.6 Å². The maximum absolute atomic E-state index is 9.77. The molecule has 0 saturated heterocycles. The number of aromatic nitrogens is 2. The van der Waals surface area contributed by atoms with Gasteiger partial charge < -0.3 is 5.32 Å². The first-order valence-corrected chi connectivity index (χ1v) is 9.36. The second kappa shape index (κ2) is 6.94. The molecule has 0 saturated carbocycles. The van der Waals surface area contributed by atoms with Gasteiger partial charge in [-0.2, -0.15) is 5.26 Å². The molecule has 134 valence electrons. The van der Waals surface area contributed by atoms with Crippen molar-refractivity contribution in [2.45, 2.75) is 26.7 Å². The highest BCUT2D eigenvalue weighted by Gasteiger charge is 2.16. The summed E-state index contributed by atoms with van der Waals surface area (Å²) in [4.78, 5) is 4.74. The van der Waals surface area contributed by atoms with Crippen LogP contribution in [0.1, 0.15) is 30.0 Å². The Bertz CT molecular complexity index is 1200. The number of para-hydroxylation sites is 2. The molecule has 2 heterocycles. The SMILES string of the molecule is CCCc1cc(Nc2ccc(C)c(Cl)c2)n2c(nc3ccccc32)c1C#N. The second-order valence-corrected chi connectivity index (χ2v) is 7.05. The molecule has 0 fully saturated rings. The van der Waals surface area contributed by atoms with Gasteiger partial charge in [0.05, 0.1) is 16.6 Å². The molecule has 27 heavy (non-hydrogen) atoms. The molecule has 0 spiro atoms. The van der Waals surface area contributed by atoms with Gasteiger partial charge in [0.15, 0.2) is 5.65 Å². The van der Waals surface area contributed by atoms with E-state index in [2.05, 4.69) is 24.4 Å². The lowest BCUT2D eigenvalue weighted by molar-refractivity contribution is 0.915. The summed E-state index contributed by atoms with van der Waals surface area (Å²) in [6, 6.07) is 18.2. The molecule has 0 radical (unpaired) electrons. The molecule has 0 unspecified atom stereocenters. The van der Waals surface area contributed by atoms with E-state index in [4.69, 9.17) is 16.6 Å². The third-order valence-electron chi connectivity index (χ3n) is 4.73. The highest BCUT2D eigenvalue weighted by molar-refractivity contribution is 6.31. The molecule has 0 aliphatic rings. The smallest absolute Gasteiger partial charge is 0.157 e. The fraction of sp³-hybridized carbons (Fsp3) is 0.182. The van der Waals surface area contributed by atoms with Crippen molar-refractivity contribution in [2.24, 2.45) is 0 Å². The molecule has 2 aromatic carbocycles. The second-order valence-electron chi connectivity index (χ2n) is 6.64. The lowest BCUT2D eigenvalue weighted by Crippen LogP contribution is -2.04. The Kier molecular flexibility index (Phi) is 4.47. The zero-order chi connectivity index (χ0) is 19.0. The average Bonchev–Trinajstić information content (AvgIpc) is 3.05. The molecule has 4 aromatic rings. The Labute approximate surface area is 163 Å². The van der Waals surface area contributed by atoms with Gasteiger partial charge in [-0.25, -0.2) is 4.98 Å². The molecule has 2 aromatic heterocycles. The van der Waals surface area contributed by atoms with Gasteiger partial charge in [-0.05, 0) is 54.8 Å². The first-order chi connectivity index (χ1) is 13.1. The Morgan fingerprint density at radius 3 is 2.74 bits per heavy atom. The summed E-state index contributed by atoms with van der Waals surface area (Å²) in [7, 11) is 0. The van der Waals surface area contributed by atoms with Crippen LogP contribution in [0.5, 0.6) is 0 Å². The van der Waals surface area contributed by atoms with E-state index in [1.54, 1.807) is 0 Å². The van der Waals surface area contributed by atoms with E-state index in [1.807, 2.05) is 53.8 Å². The van der Waals surface area contributed by atoms with E-state index in [0.717, 1.165) is 46.5 Å². The maximum Gasteiger partial charge on any atom is 0.157 e. The summed E-state index contributed by atoms with van der Waals surface area (Å²) in [5, 5.41) is 14.0. The van der Waals surface area contributed by atoms with Crippen molar-refractivity contribution in [2.75, 3.05) is 5.32 Å². The molecule has 4 nitrogen and oxygen atoms in total. The fourth-order valence-corrected chi connectivity index (χ4v) is 3.56. The Morgan fingerprint density at radius 1 is 1.19 bits per heavy atom. The number of hydrogen-bond acceptors (Lipinski definition) is 3. The molecule has 0 atom stereocenters. The summed E-state index contributed by atoms with van der Waals surface area (Å²) in [5.74, 6) is 0.876. The third kappa shape index (κ3) is 3.01. The minimum absolute atomic E-state index is 0.639. The van der Waals surface area contributed by atoms with Crippen molar-refractivity contribution >= 4 is 39.8 Å². The number of nitriles is 1. The highest BCUT2D eigenvalue weighted by Crippen LogP contribution is 2.30. The van der Waals surface area contributed by atoms with Crippen LogP contribution in [-0.2, 0) is 6.42 Å². The molecule has 0 aliphatic carbocycles. The molecule has 0 amide bonds. The van der Waals surface area contributed by atoms with E-state index in [1.165, 1.54) is 0 Å². The van der Waals surface area contributed by atoms with Crippen LogP contribution in [0, 0.1) is 18.3 Å². The lowest BCUT2D eigenvalue weighted by atomic mass is 10.1. The highest BCUT2D eigenvalue weighted by atomic mass is 35.5. The van der Waals surface area contributed by atoms with E-state index in [0.29, 0.717) is 16.2 Å². The lowest BCUT2D eigenvalue weighted by Gasteiger charge is -2.14. The number of nitrogens with zero attached hydrogens (tertiary/aromatic N) is 3. The number of hydrogen-bond donors (Lipinski definition) is 1. The molecule has 4 rings (SSSR count). The van der Waals surface area contributed by atoms with Gasteiger partial charge in [-0.1, -0.05) is 43.1 Å².